The van der Waals surface area contributed by atoms with Crippen LogP contribution in [0.25, 0.3) is 0 Å². The van der Waals surface area contributed by atoms with E-state index in [4.69, 9.17) is 5.11 Å². The second-order valence-electron chi connectivity index (χ2n) is 2.26. The van der Waals surface area contributed by atoms with Gasteiger partial charge in [-0.3, -0.25) is 0 Å². The van der Waals surface area contributed by atoms with Crippen LogP contribution in [0.5, 0.6) is 0 Å². The van der Waals surface area contributed by atoms with Gasteiger partial charge in [0, 0.05) is 0 Å². The molecule has 1 N–H and O–H groups in total. The molecule has 0 aliphatic heterocycles. The zero-order valence-corrected chi connectivity index (χ0v) is 4.40. The van der Waals surface area contributed by atoms with E-state index in [2.05, 4.69) is 0 Å². The molecule has 1 nitrogen and oxygen atoms in total. The van der Waals surface area contributed by atoms with Crippen molar-refractivity contribution in [1.82, 2.24) is 0 Å². The van der Waals surface area contributed by atoms with Gasteiger partial charge in [0.2, 0.25) is 0 Å². The molecule has 0 saturated heterocycles. The van der Waals surface area contributed by atoms with Crippen molar-refractivity contribution >= 4 is 0 Å². The molecule has 1 aliphatic rings. The molecule has 1 saturated carbocycles. The molecule has 0 heterocycles. The minimum Gasteiger partial charge on any atom is -0.384 e. The van der Waals surface area contributed by atoms with Crippen molar-refractivity contribution in [3.8, 4) is 0 Å². The Balaban J connectivity index is 2.41. The highest BCUT2D eigenvalue weighted by Gasteiger charge is 2.43. The molecule has 48 valence electrons. The van der Waals surface area contributed by atoms with Crippen molar-refractivity contribution in [3.63, 3.8) is 0 Å². The Hall–Kier alpha value is -0.180. The van der Waals surface area contributed by atoms with Crippen LogP contribution >= 0.6 is 0 Å². The highest BCUT2D eigenvalue weighted by molar-refractivity contribution is 4.89. The van der Waals surface area contributed by atoms with Gasteiger partial charge in [0.25, 0.3) is 6.43 Å². The van der Waals surface area contributed by atoms with Gasteiger partial charge in [-0.15, -0.1) is 0 Å². The van der Waals surface area contributed by atoms with Gasteiger partial charge in [-0.05, 0) is 19.3 Å². The fourth-order valence-corrected chi connectivity index (χ4v) is 0.757. The monoisotopic (exact) mass is 122 g/mol. The number of hydrogen-bond donors (Lipinski definition) is 1. The fourth-order valence-electron chi connectivity index (χ4n) is 0.757. The van der Waals surface area contributed by atoms with Gasteiger partial charge in [-0.1, -0.05) is 0 Å². The fraction of sp³-hybridized carbons (Fsp3) is 1.00. The second-order valence-corrected chi connectivity index (χ2v) is 2.26. The van der Waals surface area contributed by atoms with E-state index >= 15 is 0 Å². The van der Waals surface area contributed by atoms with Crippen LogP contribution in [-0.4, -0.2) is 17.1 Å². The standard InChI is InChI=1S/C5H8F2O/c6-4(7)5(8)2-1-3-5/h4,8H,1-3H2. The third-order valence-electron chi connectivity index (χ3n) is 1.63. The van der Waals surface area contributed by atoms with E-state index in [0.717, 1.165) is 6.42 Å². The molecular formula is C5H8F2O. The summed E-state index contributed by atoms with van der Waals surface area (Å²) in [5.74, 6) is 0. The molecule has 1 rings (SSSR count). The lowest BCUT2D eigenvalue weighted by Gasteiger charge is -2.35. The maximum absolute atomic E-state index is 11.6. The first kappa shape index (κ1) is 5.95. The number of aliphatic hydroxyl groups is 1. The van der Waals surface area contributed by atoms with Crippen LogP contribution in [0, 0.1) is 0 Å². The summed E-state index contributed by atoms with van der Waals surface area (Å²) in [4.78, 5) is 0. The molecule has 0 aromatic carbocycles. The minimum atomic E-state index is -2.55. The molecule has 8 heavy (non-hydrogen) atoms. The van der Waals surface area contributed by atoms with E-state index in [0.29, 0.717) is 0 Å². The topological polar surface area (TPSA) is 20.2 Å². The minimum absolute atomic E-state index is 0.269. The highest BCUT2D eigenvalue weighted by Crippen LogP contribution is 2.36. The van der Waals surface area contributed by atoms with Crippen LogP contribution in [0.2, 0.25) is 0 Å². The van der Waals surface area contributed by atoms with Crippen molar-refractivity contribution in [2.75, 3.05) is 0 Å². The Kier molecular flexibility index (Phi) is 1.23. The Bertz CT molecular complexity index is 88.4. The first-order valence-electron chi connectivity index (χ1n) is 2.66. The zero-order valence-electron chi connectivity index (χ0n) is 4.40. The lowest BCUT2D eigenvalue weighted by Crippen LogP contribution is -2.43. The summed E-state index contributed by atoms with van der Waals surface area (Å²) in [7, 11) is 0. The van der Waals surface area contributed by atoms with E-state index in [1.54, 1.807) is 0 Å². The van der Waals surface area contributed by atoms with Gasteiger partial charge in [0.05, 0.1) is 0 Å². The van der Waals surface area contributed by atoms with Crippen molar-refractivity contribution in [2.45, 2.75) is 31.3 Å². The summed E-state index contributed by atoms with van der Waals surface area (Å²) >= 11 is 0. The molecule has 1 fully saturated rings. The number of halogens is 2. The van der Waals surface area contributed by atoms with Crippen LogP contribution in [0.15, 0.2) is 0 Å². The van der Waals surface area contributed by atoms with E-state index in [1.807, 2.05) is 0 Å². The molecule has 1 aliphatic carbocycles. The largest absolute Gasteiger partial charge is 0.384 e. The Morgan fingerprint density at radius 2 is 1.88 bits per heavy atom. The van der Waals surface area contributed by atoms with E-state index < -0.39 is 12.0 Å². The van der Waals surface area contributed by atoms with Crippen LogP contribution in [0.4, 0.5) is 8.78 Å². The molecule has 0 bridgehead atoms. The maximum Gasteiger partial charge on any atom is 0.266 e. The molecule has 0 radical (unpaired) electrons. The zero-order chi connectivity index (χ0) is 6.20. The Morgan fingerprint density at radius 3 is 1.88 bits per heavy atom. The predicted octanol–water partition coefficient (Wildman–Crippen LogP) is 1.17. The van der Waals surface area contributed by atoms with Gasteiger partial charge >= 0.3 is 0 Å². The van der Waals surface area contributed by atoms with Gasteiger partial charge < -0.3 is 5.11 Å². The molecule has 0 aromatic heterocycles. The molecule has 0 atom stereocenters. The van der Waals surface area contributed by atoms with E-state index in [-0.39, 0.29) is 12.8 Å². The molecule has 0 unspecified atom stereocenters. The molecule has 0 spiro atoms. The van der Waals surface area contributed by atoms with Gasteiger partial charge in [-0.25, -0.2) is 8.78 Å². The van der Waals surface area contributed by atoms with Gasteiger partial charge in [-0.2, -0.15) is 0 Å². The summed E-state index contributed by atoms with van der Waals surface area (Å²) in [6.45, 7) is 0. The van der Waals surface area contributed by atoms with Crippen LogP contribution in [0.3, 0.4) is 0 Å². The van der Waals surface area contributed by atoms with Crippen LogP contribution in [0.1, 0.15) is 19.3 Å². The quantitative estimate of drug-likeness (QED) is 0.553. The Morgan fingerprint density at radius 1 is 1.38 bits per heavy atom. The third-order valence-corrected chi connectivity index (χ3v) is 1.63. The third kappa shape index (κ3) is 0.708. The van der Waals surface area contributed by atoms with Crippen molar-refractivity contribution < 1.29 is 13.9 Å². The van der Waals surface area contributed by atoms with Crippen LogP contribution in [-0.2, 0) is 0 Å². The van der Waals surface area contributed by atoms with E-state index in [9.17, 15) is 8.78 Å². The first-order chi connectivity index (χ1) is 3.65. The summed E-state index contributed by atoms with van der Waals surface area (Å²) < 4.78 is 23.2. The SMILES string of the molecule is OC1(C(F)F)CCC1. The maximum atomic E-state index is 11.6. The summed E-state index contributed by atoms with van der Waals surface area (Å²) in [5, 5.41) is 8.74. The lowest BCUT2D eigenvalue weighted by molar-refractivity contribution is -0.143. The molecular weight excluding hydrogens is 114 g/mol. The summed E-state index contributed by atoms with van der Waals surface area (Å²) in [5.41, 5.74) is -1.61. The van der Waals surface area contributed by atoms with Crippen molar-refractivity contribution in [1.29, 1.82) is 0 Å². The predicted molar refractivity (Wildman–Crippen MR) is 24.8 cm³/mol. The average Bonchev–Trinajstić information content (AvgIpc) is 1.60. The second kappa shape index (κ2) is 1.65. The summed E-state index contributed by atoms with van der Waals surface area (Å²) in [6.07, 6.45) is -1.27. The number of rotatable bonds is 1. The lowest BCUT2D eigenvalue weighted by atomic mass is 9.81. The normalized spacial score (nSPS) is 25.5. The van der Waals surface area contributed by atoms with Crippen molar-refractivity contribution in [3.05, 3.63) is 0 Å². The molecule has 3 heteroatoms. The van der Waals surface area contributed by atoms with Crippen molar-refractivity contribution in [2.24, 2.45) is 0 Å². The van der Waals surface area contributed by atoms with Crippen LogP contribution < -0.4 is 0 Å². The first-order valence-corrected chi connectivity index (χ1v) is 2.66. The smallest absolute Gasteiger partial charge is 0.266 e. The van der Waals surface area contributed by atoms with Gasteiger partial charge in [0.15, 0.2) is 0 Å². The van der Waals surface area contributed by atoms with Gasteiger partial charge in [0.1, 0.15) is 5.60 Å². The molecule has 0 amide bonds. The average molecular weight is 122 g/mol. The number of hydrogen-bond acceptors (Lipinski definition) is 1. The summed E-state index contributed by atoms with van der Waals surface area (Å²) in [6, 6.07) is 0. The highest BCUT2D eigenvalue weighted by atomic mass is 19.3. The number of alkyl halides is 2. The Labute approximate surface area is 46.3 Å². The van der Waals surface area contributed by atoms with E-state index in [1.165, 1.54) is 0 Å². The molecule has 0 aromatic rings.